The molecule has 0 bridgehead atoms. The monoisotopic (exact) mass is 325 g/mol. The van der Waals surface area contributed by atoms with Crippen LogP contribution in [0.15, 0.2) is 36.9 Å². The number of methoxy groups -OCH3 is 1. The lowest BCUT2D eigenvalue weighted by atomic mass is 10.1. The van der Waals surface area contributed by atoms with Crippen LogP contribution in [0.1, 0.15) is 45.0 Å². The molecule has 128 valence electrons. The van der Waals surface area contributed by atoms with Crippen LogP contribution in [0.3, 0.4) is 0 Å². The number of hydrogen-bond donors (Lipinski definition) is 1. The standard InChI is InChI=1S/C21H29N2O/c1-13(2)19-12-15(5)17-10-8-9-11-18(17)23(19)20-16(6)21(20,24-7)22-14(3)4/h8-12,14,16,20,22H,1H2,2-7H3/q+1. The number of benzene rings is 1. The molecular weight excluding hydrogens is 296 g/mol. The van der Waals surface area contributed by atoms with Gasteiger partial charge >= 0.3 is 0 Å². The van der Waals surface area contributed by atoms with Gasteiger partial charge in [-0.25, -0.2) is 0 Å². The predicted octanol–water partition coefficient (Wildman–Crippen LogP) is 4.00. The molecule has 1 aromatic carbocycles. The minimum Gasteiger partial charge on any atom is -0.356 e. The van der Waals surface area contributed by atoms with Crippen LogP contribution < -0.4 is 9.88 Å². The highest BCUT2D eigenvalue weighted by Gasteiger charge is 2.71. The van der Waals surface area contributed by atoms with Gasteiger partial charge < -0.3 is 4.74 Å². The van der Waals surface area contributed by atoms with Gasteiger partial charge in [-0.2, -0.15) is 4.57 Å². The average Bonchev–Trinajstić information content (AvgIpc) is 3.10. The fourth-order valence-corrected chi connectivity index (χ4v) is 4.09. The van der Waals surface area contributed by atoms with E-state index >= 15 is 0 Å². The molecule has 3 nitrogen and oxygen atoms in total. The third-order valence-corrected chi connectivity index (χ3v) is 5.25. The molecule has 1 N–H and O–H groups in total. The summed E-state index contributed by atoms with van der Waals surface area (Å²) in [5, 5.41) is 4.94. The third-order valence-electron chi connectivity index (χ3n) is 5.25. The Bertz CT molecular complexity index is 796. The number of nitrogens with one attached hydrogen (secondary N) is 1. The summed E-state index contributed by atoms with van der Waals surface area (Å²) in [6.45, 7) is 15.1. The lowest BCUT2D eigenvalue weighted by Crippen LogP contribution is -2.48. The summed E-state index contributed by atoms with van der Waals surface area (Å²) in [7, 11) is 1.81. The molecule has 3 heteroatoms. The van der Waals surface area contributed by atoms with E-state index in [-0.39, 0.29) is 11.8 Å². The van der Waals surface area contributed by atoms with E-state index in [9.17, 15) is 0 Å². The van der Waals surface area contributed by atoms with Gasteiger partial charge in [0.25, 0.3) is 0 Å². The SMILES string of the molecule is C=C(C)c1cc(C)c2ccccc2[n+]1C1C(C)C1(NC(C)C)OC. The molecule has 2 aromatic rings. The van der Waals surface area contributed by atoms with Crippen molar-refractivity contribution >= 4 is 16.5 Å². The molecule has 1 aliphatic rings. The summed E-state index contributed by atoms with van der Waals surface area (Å²) in [4.78, 5) is 0. The van der Waals surface area contributed by atoms with Crippen LogP contribution >= 0.6 is 0 Å². The topological polar surface area (TPSA) is 25.1 Å². The van der Waals surface area contributed by atoms with Gasteiger partial charge in [0.05, 0.1) is 5.92 Å². The molecule has 1 saturated carbocycles. The molecule has 1 heterocycles. The van der Waals surface area contributed by atoms with E-state index in [4.69, 9.17) is 4.74 Å². The molecular formula is C21H29N2O+. The van der Waals surface area contributed by atoms with Gasteiger partial charge in [0, 0.05) is 36.2 Å². The Morgan fingerprint density at radius 1 is 1.33 bits per heavy atom. The zero-order chi connectivity index (χ0) is 17.6. The molecule has 0 spiro atoms. The number of nitrogens with zero attached hydrogens (tertiary/aromatic N) is 1. The van der Waals surface area contributed by atoms with Crippen LogP contribution in [0.5, 0.6) is 0 Å². The van der Waals surface area contributed by atoms with Crippen LogP contribution in [0.2, 0.25) is 0 Å². The van der Waals surface area contributed by atoms with Crippen molar-refractivity contribution in [3.8, 4) is 0 Å². The fraction of sp³-hybridized carbons (Fsp3) is 0.476. The molecule has 3 unspecified atom stereocenters. The Hall–Kier alpha value is -1.71. The third kappa shape index (κ3) is 2.47. The number of aryl methyl sites for hydroxylation is 1. The largest absolute Gasteiger partial charge is 0.356 e. The van der Waals surface area contributed by atoms with E-state index in [1.54, 1.807) is 0 Å². The summed E-state index contributed by atoms with van der Waals surface area (Å²) in [6, 6.07) is 11.5. The van der Waals surface area contributed by atoms with E-state index < -0.39 is 0 Å². The summed E-state index contributed by atoms with van der Waals surface area (Å²) < 4.78 is 8.42. The number of pyridine rings is 1. The smallest absolute Gasteiger partial charge is 0.213 e. The van der Waals surface area contributed by atoms with Gasteiger partial charge in [0.15, 0.2) is 5.72 Å². The number of rotatable bonds is 5. The van der Waals surface area contributed by atoms with E-state index in [0.29, 0.717) is 12.0 Å². The number of allylic oxidation sites excluding steroid dienone is 1. The Kier molecular flexibility index (Phi) is 4.27. The quantitative estimate of drug-likeness (QED) is 0.664. The van der Waals surface area contributed by atoms with Crippen molar-refractivity contribution in [1.29, 1.82) is 0 Å². The van der Waals surface area contributed by atoms with E-state index in [1.807, 2.05) is 7.11 Å². The predicted molar refractivity (Wildman–Crippen MR) is 99.8 cm³/mol. The summed E-state index contributed by atoms with van der Waals surface area (Å²) in [6.07, 6.45) is 0. The maximum atomic E-state index is 5.99. The molecule has 0 saturated heterocycles. The summed E-state index contributed by atoms with van der Waals surface area (Å²) >= 11 is 0. The number of fused-ring (bicyclic) bond motifs is 1. The summed E-state index contributed by atoms with van der Waals surface area (Å²) in [5.74, 6) is 0.388. The van der Waals surface area contributed by atoms with Crippen LogP contribution in [0.25, 0.3) is 16.5 Å². The second kappa shape index (κ2) is 5.98. The molecule has 24 heavy (non-hydrogen) atoms. The highest BCUT2D eigenvalue weighted by Crippen LogP contribution is 2.52. The molecule has 0 aliphatic heterocycles. The zero-order valence-corrected chi connectivity index (χ0v) is 15.7. The van der Waals surface area contributed by atoms with Crippen LogP contribution in [0, 0.1) is 12.8 Å². The maximum Gasteiger partial charge on any atom is 0.213 e. The molecule has 3 rings (SSSR count). The fourth-order valence-electron chi connectivity index (χ4n) is 4.09. The lowest BCUT2D eigenvalue weighted by Gasteiger charge is -2.20. The number of hydrogen-bond acceptors (Lipinski definition) is 2. The molecule has 0 amide bonds. The van der Waals surface area contributed by atoms with Crippen molar-refractivity contribution in [3.05, 3.63) is 48.2 Å². The molecule has 1 aliphatic carbocycles. The Morgan fingerprint density at radius 3 is 2.58 bits per heavy atom. The Balaban J connectivity index is 2.24. The van der Waals surface area contributed by atoms with Gasteiger partial charge in [-0.15, -0.1) is 0 Å². The molecule has 1 aromatic heterocycles. The van der Waals surface area contributed by atoms with E-state index in [2.05, 4.69) is 81.4 Å². The zero-order valence-electron chi connectivity index (χ0n) is 15.7. The minimum absolute atomic E-state index is 0.252. The minimum atomic E-state index is -0.318. The molecule has 1 fully saturated rings. The van der Waals surface area contributed by atoms with Crippen molar-refractivity contribution < 1.29 is 9.30 Å². The molecule has 0 radical (unpaired) electrons. The van der Waals surface area contributed by atoms with Crippen molar-refractivity contribution in [2.75, 3.05) is 7.11 Å². The first kappa shape index (κ1) is 17.1. The van der Waals surface area contributed by atoms with E-state index in [1.165, 1.54) is 22.2 Å². The number of aromatic nitrogens is 1. The van der Waals surface area contributed by atoms with Gasteiger partial charge in [-0.1, -0.05) is 25.6 Å². The Labute approximate surface area is 145 Å². The first-order valence-electron chi connectivity index (χ1n) is 8.76. The first-order valence-corrected chi connectivity index (χ1v) is 8.76. The second-order valence-electron chi connectivity index (χ2n) is 7.41. The second-order valence-corrected chi connectivity index (χ2v) is 7.41. The van der Waals surface area contributed by atoms with Gasteiger partial charge in [-0.3, -0.25) is 5.32 Å². The van der Waals surface area contributed by atoms with Crippen molar-refractivity contribution in [2.24, 2.45) is 5.92 Å². The van der Waals surface area contributed by atoms with Crippen molar-refractivity contribution in [3.63, 3.8) is 0 Å². The first-order chi connectivity index (χ1) is 11.3. The normalized spacial score (nSPS) is 26.1. The van der Waals surface area contributed by atoms with Gasteiger partial charge in [0.1, 0.15) is 0 Å². The number of para-hydroxylation sites is 1. The summed E-state index contributed by atoms with van der Waals surface area (Å²) in [5.41, 5.74) is 4.48. The Morgan fingerprint density at radius 2 is 2.00 bits per heavy atom. The highest BCUT2D eigenvalue weighted by molar-refractivity contribution is 5.80. The van der Waals surface area contributed by atoms with E-state index in [0.717, 1.165) is 5.57 Å². The molecule has 3 atom stereocenters. The number of ether oxygens (including phenoxy) is 1. The van der Waals surface area contributed by atoms with Crippen molar-refractivity contribution in [2.45, 2.75) is 52.4 Å². The van der Waals surface area contributed by atoms with Gasteiger partial charge in [-0.05, 0) is 39.3 Å². The van der Waals surface area contributed by atoms with Crippen LogP contribution in [0.4, 0.5) is 0 Å². The maximum absolute atomic E-state index is 5.99. The van der Waals surface area contributed by atoms with Crippen LogP contribution in [-0.4, -0.2) is 18.9 Å². The lowest BCUT2D eigenvalue weighted by molar-refractivity contribution is -0.686. The highest BCUT2D eigenvalue weighted by atomic mass is 16.5. The average molecular weight is 325 g/mol. The van der Waals surface area contributed by atoms with Crippen LogP contribution in [-0.2, 0) is 4.74 Å². The van der Waals surface area contributed by atoms with Crippen molar-refractivity contribution in [1.82, 2.24) is 5.32 Å². The van der Waals surface area contributed by atoms with Gasteiger partial charge in [0.2, 0.25) is 17.3 Å².